The Kier molecular flexibility index (Phi) is 4.04. The van der Waals surface area contributed by atoms with E-state index in [4.69, 9.17) is 4.42 Å². The molecule has 0 fully saturated rings. The van der Waals surface area contributed by atoms with Crippen molar-refractivity contribution in [2.24, 2.45) is 0 Å². The Morgan fingerprint density at radius 2 is 2.28 bits per heavy atom. The minimum absolute atomic E-state index is 0.343. The molecule has 0 aliphatic carbocycles. The lowest BCUT2D eigenvalue weighted by Gasteiger charge is -2.13. The standard InChI is InChI=1S/C13H19N3OS/c1-9-5-6-11(17-9)8-16(4)13-15-7-12(18-13)10(2)14-3/h5-7,10,14H,8H2,1-4H3. The Morgan fingerprint density at radius 3 is 2.89 bits per heavy atom. The maximum absolute atomic E-state index is 5.57. The summed E-state index contributed by atoms with van der Waals surface area (Å²) < 4.78 is 5.57. The Hall–Kier alpha value is -1.33. The summed E-state index contributed by atoms with van der Waals surface area (Å²) in [6, 6.07) is 4.34. The average Bonchev–Trinajstić information content (AvgIpc) is 2.97. The van der Waals surface area contributed by atoms with Crippen molar-refractivity contribution < 1.29 is 4.42 Å². The van der Waals surface area contributed by atoms with E-state index in [0.717, 1.165) is 23.2 Å². The molecule has 0 spiro atoms. The molecular weight excluding hydrogens is 246 g/mol. The normalized spacial score (nSPS) is 12.7. The highest BCUT2D eigenvalue weighted by atomic mass is 32.1. The van der Waals surface area contributed by atoms with E-state index < -0.39 is 0 Å². The zero-order valence-corrected chi connectivity index (χ0v) is 12.0. The van der Waals surface area contributed by atoms with E-state index in [-0.39, 0.29) is 0 Å². The number of nitrogens with zero attached hydrogens (tertiary/aromatic N) is 2. The van der Waals surface area contributed by atoms with Crippen LogP contribution in [0, 0.1) is 6.92 Å². The molecule has 5 heteroatoms. The van der Waals surface area contributed by atoms with Crippen LogP contribution in [0.5, 0.6) is 0 Å². The van der Waals surface area contributed by atoms with Crippen LogP contribution in [-0.4, -0.2) is 19.1 Å². The first-order valence-corrected chi connectivity index (χ1v) is 6.81. The van der Waals surface area contributed by atoms with Crippen molar-refractivity contribution in [3.63, 3.8) is 0 Å². The van der Waals surface area contributed by atoms with Gasteiger partial charge in [-0.3, -0.25) is 0 Å². The fraction of sp³-hybridized carbons (Fsp3) is 0.462. The van der Waals surface area contributed by atoms with Crippen LogP contribution in [-0.2, 0) is 6.54 Å². The fourth-order valence-corrected chi connectivity index (χ4v) is 2.60. The summed E-state index contributed by atoms with van der Waals surface area (Å²) in [6.07, 6.45) is 1.94. The molecule has 2 aromatic rings. The van der Waals surface area contributed by atoms with Crippen molar-refractivity contribution in [2.75, 3.05) is 19.0 Å². The topological polar surface area (TPSA) is 41.3 Å². The quantitative estimate of drug-likeness (QED) is 0.902. The van der Waals surface area contributed by atoms with Gasteiger partial charge in [-0.25, -0.2) is 4.98 Å². The first-order valence-electron chi connectivity index (χ1n) is 5.99. The highest BCUT2D eigenvalue weighted by Gasteiger charge is 2.12. The minimum atomic E-state index is 0.343. The second-order valence-electron chi connectivity index (χ2n) is 4.42. The Labute approximate surface area is 112 Å². The Morgan fingerprint density at radius 1 is 1.50 bits per heavy atom. The molecule has 2 aromatic heterocycles. The number of aryl methyl sites for hydroxylation is 1. The lowest BCUT2D eigenvalue weighted by atomic mass is 10.3. The summed E-state index contributed by atoms with van der Waals surface area (Å²) >= 11 is 1.71. The van der Waals surface area contributed by atoms with Gasteiger partial charge in [0.15, 0.2) is 5.13 Å². The molecule has 2 heterocycles. The summed E-state index contributed by atoms with van der Waals surface area (Å²) in [5.74, 6) is 1.91. The van der Waals surface area contributed by atoms with Crippen LogP contribution in [0.25, 0.3) is 0 Å². The van der Waals surface area contributed by atoms with Gasteiger partial charge in [-0.2, -0.15) is 0 Å². The minimum Gasteiger partial charge on any atom is -0.464 e. The molecule has 2 rings (SSSR count). The third-order valence-electron chi connectivity index (χ3n) is 2.89. The van der Waals surface area contributed by atoms with E-state index >= 15 is 0 Å². The SMILES string of the molecule is CNC(C)c1cnc(N(C)Cc2ccc(C)o2)s1. The van der Waals surface area contributed by atoms with E-state index in [1.54, 1.807) is 11.3 Å². The van der Waals surface area contributed by atoms with Crippen LogP contribution in [0.4, 0.5) is 5.13 Å². The number of furan rings is 1. The number of thiazole rings is 1. The first kappa shape index (κ1) is 13.1. The Bertz CT molecular complexity index is 506. The van der Waals surface area contributed by atoms with Crippen LogP contribution >= 0.6 is 11.3 Å². The van der Waals surface area contributed by atoms with Gasteiger partial charge in [-0.15, -0.1) is 11.3 Å². The van der Waals surface area contributed by atoms with Crippen LogP contribution < -0.4 is 10.2 Å². The Balaban J connectivity index is 2.04. The summed E-state index contributed by atoms with van der Waals surface area (Å²) in [5, 5.41) is 4.23. The number of rotatable bonds is 5. The fourth-order valence-electron chi connectivity index (χ4n) is 1.67. The van der Waals surface area contributed by atoms with Gasteiger partial charge in [0.05, 0.1) is 6.54 Å². The molecule has 0 saturated carbocycles. The van der Waals surface area contributed by atoms with Crippen molar-refractivity contribution in [3.8, 4) is 0 Å². The van der Waals surface area contributed by atoms with E-state index in [0.29, 0.717) is 6.04 Å². The van der Waals surface area contributed by atoms with Crippen molar-refractivity contribution >= 4 is 16.5 Å². The van der Waals surface area contributed by atoms with Gasteiger partial charge in [0.2, 0.25) is 0 Å². The molecule has 0 amide bonds. The number of hydrogen-bond donors (Lipinski definition) is 1. The second-order valence-corrected chi connectivity index (χ2v) is 5.46. The van der Waals surface area contributed by atoms with Crippen LogP contribution in [0.3, 0.4) is 0 Å². The summed E-state index contributed by atoms with van der Waals surface area (Å²) in [7, 11) is 3.99. The van der Waals surface area contributed by atoms with Gasteiger partial charge in [-0.1, -0.05) is 0 Å². The van der Waals surface area contributed by atoms with Gasteiger partial charge in [0.1, 0.15) is 11.5 Å². The molecule has 0 aromatic carbocycles. The van der Waals surface area contributed by atoms with Crippen LogP contribution in [0.1, 0.15) is 29.4 Å². The van der Waals surface area contributed by atoms with E-state index in [9.17, 15) is 0 Å². The molecule has 0 radical (unpaired) electrons. The van der Waals surface area contributed by atoms with Crippen molar-refractivity contribution in [1.82, 2.24) is 10.3 Å². The number of hydrogen-bond acceptors (Lipinski definition) is 5. The predicted molar refractivity (Wildman–Crippen MR) is 75.1 cm³/mol. The molecule has 0 bridgehead atoms. The third-order valence-corrected chi connectivity index (χ3v) is 4.18. The molecule has 1 N–H and O–H groups in total. The maximum atomic E-state index is 5.57. The smallest absolute Gasteiger partial charge is 0.185 e. The lowest BCUT2D eigenvalue weighted by Crippen LogP contribution is -2.15. The molecule has 0 aliphatic rings. The average molecular weight is 265 g/mol. The molecule has 18 heavy (non-hydrogen) atoms. The summed E-state index contributed by atoms with van der Waals surface area (Å²) in [6.45, 7) is 4.83. The molecule has 98 valence electrons. The zero-order chi connectivity index (χ0) is 13.1. The van der Waals surface area contributed by atoms with Crippen molar-refractivity contribution in [2.45, 2.75) is 26.4 Å². The second kappa shape index (κ2) is 5.54. The highest BCUT2D eigenvalue weighted by Crippen LogP contribution is 2.27. The number of aromatic nitrogens is 1. The molecule has 1 unspecified atom stereocenters. The lowest BCUT2D eigenvalue weighted by molar-refractivity contribution is 0.481. The van der Waals surface area contributed by atoms with Crippen LogP contribution in [0.15, 0.2) is 22.7 Å². The third kappa shape index (κ3) is 2.91. The summed E-state index contributed by atoms with van der Waals surface area (Å²) in [5.41, 5.74) is 0. The van der Waals surface area contributed by atoms with Gasteiger partial charge in [0.25, 0.3) is 0 Å². The largest absolute Gasteiger partial charge is 0.464 e. The van der Waals surface area contributed by atoms with Gasteiger partial charge < -0.3 is 14.6 Å². The van der Waals surface area contributed by atoms with Gasteiger partial charge in [0, 0.05) is 24.2 Å². The number of nitrogens with one attached hydrogen (secondary N) is 1. The molecule has 0 aliphatic heterocycles. The molecule has 0 saturated heterocycles. The van der Waals surface area contributed by atoms with E-state index in [2.05, 4.69) is 22.1 Å². The zero-order valence-electron chi connectivity index (χ0n) is 11.2. The molecular formula is C13H19N3OS. The molecule has 4 nitrogen and oxygen atoms in total. The maximum Gasteiger partial charge on any atom is 0.185 e. The monoisotopic (exact) mass is 265 g/mol. The van der Waals surface area contributed by atoms with Gasteiger partial charge >= 0.3 is 0 Å². The highest BCUT2D eigenvalue weighted by molar-refractivity contribution is 7.15. The van der Waals surface area contributed by atoms with Crippen molar-refractivity contribution in [1.29, 1.82) is 0 Å². The number of anilines is 1. The summed E-state index contributed by atoms with van der Waals surface area (Å²) in [4.78, 5) is 7.80. The van der Waals surface area contributed by atoms with Crippen LogP contribution in [0.2, 0.25) is 0 Å². The predicted octanol–water partition coefficient (Wildman–Crippen LogP) is 2.96. The molecule has 1 atom stereocenters. The van der Waals surface area contributed by atoms with Gasteiger partial charge in [-0.05, 0) is 33.0 Å². The van der Waals surface area contributed by atoms with E-state index in [1.807, 2.05) is 39.3 Å². The van der Waals surface area contributed by atoms with Crippen molar-refractivity contribution in [3.05, 3.63) is 34.7 Å². The first-order chi connectivity index (χ1) is 8.60. The van der Waals surface area contributed by atoms with E-state index in [1.165, 1.54) is 4.88 Å².